The summed E-state index contributed by atoms with van der Waals surface area (Å²) in [6, 6.07) is 3.44. The van der Waals surface area contributed by atoms with Gasteiger partial charge in [-0.25, -0.2) is 4.39 Å². The fraction of sp³-hybridized carbons (Fsp3) is 0.579. The molecule has 2 heterocycles. The molecule has 0 spiro atoms. The van der Waals surface area contributed by atoms with E-state index in [0.717, 1.165) is 49.7 Å². The van der Waals surface area contributed by atoms with Crippen LogP contribution in [0.25, 0.3) is 0 Å². The third kappa shape index (κ3) is 3.60. The topological polar surface area (TPSA) is 40.6 Å². The van der Waals surface area contributed by atoms with Crippen molar-refractivity contribution in [2.75, 3.05) is 24.5 Å². The number of carbonyl (C=O) groups excluding carboxylic acids is 2. The lowest BCUT2D eigenvalue weighted by molar-refractivity contribution is -0.135. The minimum Gasteiger partial charge on any atom is -0.333 e. The SMILES string of the molecule is Cc1cc(F)c2c(c1)CCCN2C(=O)CN1CCCCCCC1=O. The number of likely N-dealkylation sites (tertiary alicyclic amines) is 1. The van der Waals surface area contributed by atoms with Gasteiger partial charge >= 0.3 is 0 Å². The molecule has 0 bridgehead atoms. The maximum atomic E-state index is 14.4. The van der Waals surface area contributed by atoms with Crippen molar-refractivity contribution in [2.45, 2.75) is 51.9 Å². The van der Waals surface area contributed by atoms with E-state index in [0.29, 0.717) is 25.2 Å². The largest absolute Gasteiger partial charge is 0.333 e. The fourth-order valence-corrected chi connectivity index (χ4v) is 3.72. The summed E-state index contributed by atoms with van der Waals surface area (Å²) in [4.78, 5) is 28.2. The van der Waals surface area contributed by atoms with Gasteiger partial charge in [-0.3, -0.25) is 9.59 Å². The number of hydrogen-bond acceptors (Lipinski definition) is 2. The first-order valence-corrected chi connectivity index (χ1v) is 8.93. The monoisotopic (exact) mass is 332 g/mol. The molecule has 0 aromatic heterocycles. The van der Waals surface area contributed by atoms with E-state index in [9.17, 15) is 14.0 Å². The predicted octanol–water partition coefficient (Wildman–Crippen LogP) is 3.21. The van der Waals surface area contributed by atoms with Crippen LogP contribution >= 0.6 is 0 Å². The number of benzene rings is 1. The molecular formula is C19H25FN2O2. The van der Waals surface area contributed by atoms with Crippen molar-refractivity contribution in [1.29, 1.82) is 0 Å². The summed E-state index contributed by atoms with van der Waals surface area (Å²) in [5.74, 6) is -0.464. The molecule has 0 N–H and O–H groups in total. The van der Waals surface area contributed by atoms with Crippen LogP contribution in [-0.2, 0) is 16.0 Å². The van der Waals surface area contributed by atoms with Crippen LogP contribution in [0.15, 0.2) is 12.1 Å². The van der Waals surface area contributed by atoms with Crippen molar-refractivity contribution < 1.29 is 14.0 Å². The third-order valence-electron chi connectivity index (χ3n) is 4.93. The van der Waals surface area contributed by atoms with Crippen LogP contribution in [0.1, 0.15) is 49.7 Å². The highest BCUT2D eigenvalue weighted by Crippen LogP contribution is 2.31. The Balaban J connectivity index is 1.77. The molecule has 24 heavy (non-hydrogen) atoms. The smallest absolute Gasteiger partial charge is 0.246 e. The Labute approximate surface area is 142 Å². The van der Waals surface area contributed by atoms with Crippen LogP contribution in [0.5, 0.6) is 0 Å². The fourth-order valence-electron chi connectivity index (χ4n) is 3.72. The van der Waals surface area contributed by atoms with E-state index in [-0.39, 0.29) is 24.2 Å². The van der Waals surface area contributed by atoms with Crippen molar-refractivity contribution in [2.24, 2.45) is 0 Å². The molecule has 1 fully saturated rings. The van der Waals surface area contributed by atoms with Crippen LogP contribution < -0.4 is 4.90 Å². The summed E-state index contributed by atoms with van der Waals surface area (Å²) in [5, 5.41) is 0. The van der Waals surface area contributed by atoms with E-state index >= 15 is 0 Å². The first kappa shape index (κ1) is 16.9. The molecule has 130 valence electrons. The average Bonchev–Trinajstić information content (AvgIpc) is 2.53. The van der Waals surface area contributed by atoms with Crippen LogP contribution in [0.3, 0.4) is 0 Å². The lowest BCUT2D eigenvalue weighted by Crippen LogP contribution is -2.45. The number of halogens is 1. The van der Waals surface area contributed by atoms with Crippen LogP contribution in [0.2, 0.25) is 0 Å². The van der Waals surface area contributed by atoms with Gasteiger partial charge in [-0.15, -0.1) is 0 Å². The molecule has 4 nitrogen and oxygen atoms in total. The van der Waals surface area contributed by atoms with Gasteiger partial charge in [-0.1, -0.05) is 18.9 Å². The average molecular weight is 332 g/mol. The normalized spacial score (nSPS) is 18.8. The van der Waals surface area contributed by atoms with E-state index in [1.54, 1.807) is 9.80 Å². The second-order valence-corrected chi connectivity index (χ2v) is 6.88. The lowest BCUT2D eigenvalue weighted by Gasteiger charge is -2.32. The van der Waals surface area contributed by atoms with E-state index in [2.05, 4.69) is 0 Å². The number of nitrogens with zero attached hydrogens (tertiary/aromatic N) is 2. The Hall–Kier alpha value is -1.91. The van der Waals surface area contributed by atoms with Gasteiger partial charge in [0.25, 0.3) is 0 Å². The number of carbonyl (C=O) groups is 2. The Kier molecular flexibility index (Phi) is 5.17. The van der Waals surface area contributed by atoms with Crippen LogP contribution in [-0.4, -0.2) is 36.3 Å². The van der Waals surface area contributed by atoms with Crippen molar-refractivity contribution in [3.8, 4) is 0 Å². The minimum absolute atomic E-state index is 0.0460. The minimum atomic E-state index is -0.336. The Bertz CT molecular complexity index is 644. The molecule has 0 saturated carbocycles. The second-order valence-electron chi connectivity index (χ2n) is 6.88. The molecule has 0 aliphatic carbocycles. The molecule has 1 aromatic rings. The quantitative estimate of drug-likeness (QED) is 0.834. The zero-order chi connectivity index (χ0) is 17.1. The van der Waals surface area contributed by atoms with E-state index < -0.39 is 0 Å². The molecule has 2 aliphatic rings. The number of anilines is 1. The summed E-state index contributed by atoms with van der Waals surface area (Å²) in [6.07, 6.45) is 6.14. The lowest BCUT2D eigenvalue weighted by atomic mass is 9.99. The maximum Gasteiger partial charge on any atom is 0.246 e. The molecule has 1 aromatic carbocycles. The van der Waals surface area contributed by atoms with E-state index in [1.807, 2.05) is 13.0 Å². The van der Waals surface area contributed by atoms with Gasteiger partial charge in [-0.2, -0.15) is 0 Å². The van der Waals surface area contributed by atoms with E-state index in [4.69, 9.17) is 0 Å². The highest BCUT2D eigenvalue weighted by Gasteiger charge is 2.28. The Morgan fingerprint density at radius 3 is 2.71 bits per heavy atom. The number of aryl methyl sites for hydroxylation is 2. The molecule has 3 rings (SSSR count). The van der Waals surface area contributed by atoms with E-state index in [1.165, 1.54) is 6.07 Å². The molecule has 2 amide bonds. The summed E-state index contributed by atoms with van der Waals surface area (Å²) < 4.78 is 14.4. The standard InChI is InChI=1S/C19H25FN2O2/c1-14-11-15-7-6-10-22(19(15)16(20)12-14)18(24)13-21-9-5-3-2-4-8-17(21)23/h11-12H,2-10,13H2,1H3. The maximum absolute atomic E-state index is 14.4. The number of amides is 2. The number of fused-ring (bicyclic) bond motifs is 1. The van der Waals surface area contributed by atoms with Crippen molar-refractivity contribution in [3.63, 3.8) is 0 Å². The van der Waals surface area contributed by atoms with Gasteiger partial charge in [0.2, 0.25) is 11.8 Å². The van der Waals surface area contributed by atoms with Gasteiger partial charge in [0.15, 0.2) is 0 Å². The first-order chi connectivity index (χ1) is 11.6. The van der Waals surface area contributed by atoms with Crippen molar-refractivity contribution in [1.82, 2.24) is 4.90 Å². The Morgan fingerprint density at radius 2 is 1.88 bits per heavy atom. The highest BCUT2D eigenvalue weighted by molar-refractivity contribution is 5.97. The molecule has 2 aliphatic heterocycles. The molecule has 0 radical (unpaired) electrons. The summed E-state index contributed by atoms with van der Waals surface area (Å²) in [5.41, 5.74) is 2.18. The molecule has 0 atom stereocenters. The van der Waals surface area contributed by atoms with Gasteiger partial charge in [0.1, 0.15) is 12.4 Å². The zero-order valence-electron chi connectivity index (χ0n) is 14.3. The molecule has 1 saturated heterocycles. The summed E-state index contributed by atoms with van der Waals surface area (Å²) in [7, 11) is 0. The van der Waals surface area contributed by atoms with Crippen molar-refractivity contribution in [3.05, 3.63) is 29.1 Å². The molecule has 0 unspecified atom stereocenters. The summed E-state index contributed by atoms with van der Waals surface area (Å²) in [6.45, 7) is 3.07. The first-order valence-electron chi connectivity index (χ1n) is 8.93. The molecule has 5 heteroatoms. The second kappa shape index (κ2) is 7.32. The summed E-state index contributed by atoms with van der Waals surface area (Å²) >= 11 is 0. The van der Waals surface area contributed by atoms with Gasteiger partial charge in [0.05, 0.1) is 5.69 Å². The van der Waals surface area contributed by atoms with Gasteiger partial charge < -0.3 is 9.80 Å². The molecular weight excluding hydrogens is 307 g/mol. The van der Waals surface area contributed by atoms with Gasteiger partial charge in [-0.05, 0) is 49.8 Å². The zero-order valence-corrected chi connectivity index (χ0v) is 14.3. The van der Waals surface area contributed by atoms with Crippen molar-refractivity contribution >= 4 is 17.5 Å². The number of rotatable bonds is 2. The van der Waals surface area contributed by atoms with Crippen LogP contribution in [0.4, 0.5) is 10.1 Å². The van der Waals surface area contributed by atoms with Crippen LogP contribution in [0, 0.1) is 12.7 Å². The predicted molar refractivity (Wildman–Crippen MR) is 91.5 cm³/mol. The highest BCUT2D eigenvalue weighted by atomic mass is 19.1. The van der Waals surface area contributed by atoms with Gasteiger partial charge in [0, 0.05) is 19.5 Å². The number of hydrogen-bond donors (Lipinski definition) is 0. The third-order valence-corrected chi connectivity index (χ3v) is 4.93. The Morgan fingerprint density at radius 1 is 1.08 bits per heavy atom.